The lowest BCUT2D eigenvalue weighted by Crippen LogP contribution is -2.42. The fourth-order valence-electron chi connectivity index (χ4n) is 2.47. The van der Waals surface area contributed by atoms with Crippen LogP contribution in [-0.4, -0.2) is 33.4 Å². The molecule has 0 aliphatic heterocycles. The van der Waals surface area contributed by atoms with Gasteiger partial charge in [-0.1, -0.05) is 19.3 Å². The van der Waals surface area contributed by atoms with Crippen molar-refractivity contribution in [2.75, 3.05) is 18.5 Å². The Morgan fingerprint density at radius 3 is 2.79 bits per heavy atom. The zero-order chi connectivity index (χ0) is 13.7. The molecule has 0 radical (unpaired) electrons. The number of hydrogen-bond donors (Lipinski definition) is 2. The molecule has 2 rings (SSSR count). The number of rotatable bonds is 4. The minimum absolute atomic E-state index is 0.182. The van der Waals surface area contributed by atoms with Crippen LogP contribution >= 0.6 is 11.8 Å². The van der Waals surface area contributed by atoms with Crippen LogP contribution in [0.15, 0.2) is 12.4 Å². The third-order valence-electron chi connectivity index (χ3n) is 3.65. The highest BCUT2D eigenvalue weighted by Gasteiger charge is 2.31. The van der Waals surface area contributed by atoms with E-state index in [-0.39, 0.29) is 22.2 Å². The van der Waals surface area contributed by atoms with E-state index in [9.17, 15) is 4.79 Å². The molecule has 1 aromatic rings. The summed E-state index contributed by atoms with van der Waals surface area (Å²) in [7, 11) is 0. The second kappa shape index (κ2) is 6.23. The van der Waals surface area contributed by atoms with Gasteiger partial charge in [-0.3, -0.25) is 9.78 Å². The molecule has 1 saturated carbocycles. The van der Waals surface area contributed by atoms with E-state index in [0.29, 0.717) is 6.54 Å². The first-order chi connectivity index (χ1) is 9.15. The van der Waals surface area contributed by atoms with Gasteiger partial charge in [0.2, 0.25) is 0 Å². The van der Waals surface area contributed by atoms with Gasteiger partial charge in [-0.2, -0.15) is 11.8 Å². The second-order valence-corrected chi connectivity index (χ2v) is 6.23. The molecule has 0 bridgehead atoms. The van der Waals surface area contributed by atoms with Crippen molar-refractivity contribution in [1.82, 2.24) is 15.3 Å². The second-order valence-electron chi connectivity index (χ2n) is 4.96. The van der Waals surface area contributed by atoms with E-state index in [2.05, 4.69) is 21.5 Å². The van der Waals surface area contributed by atoms with Crippen molar-refractivity contribution < 1.29 is 4.79 Å². The highest BCUT2D eigenvalue weighted by atomic mass is 32.2. The number of hydrogen-bond acceptors (Lipinski definition) is 5. The number of anilines is 1. The van der Waals surface area contributed by atoms with Crippen molar-refractivity contribution in [3.8, 4) is 0 Å². The molecule has 5 nitrogen and oxygen atoms in total. The van der Waals surface area contributed by atoms with E-state index in [4.69, 9.17) is 5.73 Å². The molecule has 19 heavy (non-hydrogen) atoms. The number of nitrogens with two attached hydrogens (primary N) is 1. The average Bonchev–Trinajstić information content (AvgIpc) is 2.46. The fourth-order valence-corrected chi connectivity index (χ4v) is 3.38. The highest BCUT2D eigenvalue weighted by molar-refractivity contribution is 8.00. The standard InChI is InChI=1S/C13H20N4OS/c1-19-13(5-3-2-4-6-13)9-16-12(18)10-7-15-8-11(14)17-10/h7-8H,2-6,9H2,1H3,(H2,14,17)(H,16,18). The van der Waals surface area contributed by atoms with Crippen LogP contribution in [0.25, 0.3) is 0 Å². The van der Waals surface area contributed by atoms with Gasteiger partial charge in [0, 0.05) is 11.3 Å². The summed E-state index contributed by atoms with van der Waals surface area (Å²) in [5.41, 5.74) is 5.81. The summed E-state index contributed by atoms with van der Waals surface area (Å²) in [6.07, 6.45) is 11.1. The first-order valence-corrected chi connectivity index (χ1v) is 7.79. The van der Waals surface area contributed by atoms with Crippen LogP contribution in [0.3, 0.4) is 0 Å². The molecular formula is C13H20N4OS. The zero-order valence-electron chi connectivity index (χ0n) is 11.2. The lowest BCUT2D eigenvalue weighted by atomic mass is 9.88. The minimum Gasteiger partial charge on any atom is -0.382 e. The maximum Gasteiger partial charge on any atom is 0.271 e. The molecule has 1 aromatic heterocycles. The number of nitrogen functional groups attached to an aromatic ring is 1. The van der Waals surface area contributed by atoms with Gasteiger partial charge in [0.1, 0.15) is 11.5 Å². The molecule has 1 aliphatic rings. The molecule has 1 amide bonds. The van der Waals surface area contributed by atoms with Crippen molar-refractivity contribution in [2.24, 2.45) is 0 Å². The van der Waals surface area contributed by atoms with Crippen molar-refractivity contribution in [3.05, 3.63) is 18.1 Å². The van der Waals surface area contributed by atoms with Crippen LogP contribution in [0.4, 0.5) is 5.82 Å². The highest BCUT2D eigenvalue weighted by Crippen LogP contribution is 2.37. The van der Waals surface area contributed by atoms with Crippen LogP contribution in [0, 0.1) is 0 Å². The first-order valence-electron chi connectivity index (χ1n) is 6.56. The van der Waals surface area contributed by atoms with Gasteiger partial charge in [0.25, 0.3) is 5.91 Å². The minimum atomic E-state index is -0.196. The normalized spacial score (nSPS) is 17.9. The largest absolute Gasteiger partial charge is 0.382 e. The van der Waals surface area contributed by atoms with Crippen LogP contribution in [0.2, 0.25) is 0 Å². The fraction of sp³-hybridized carbons (Fsp3) is 0.615. The van der Waals surface area contributed by atoms with Gasteiger partial charge in [0.15, 0.2) is 0 Å². The molecule has 0 spiro atoms. The summed E-state index contributed by atoms with van der Waals surface area (Å²) < 4.78 is 0.182. The van der Waals surface area contributed by atoms with E-state index in [0.717, 1.165) is 12.8 Å². The van der Waals surface area contributed by atoms with Crippen LogP contribution < -0.4 is 11.1 Å². The monoisotopic (exact) mass is 280 g/mol. The Morgan fingerprint density at radius 2 is 2.16 bits per heavy atom. The lowest BCUT2D eigenvalue weighted by Gasteiger charge is -2.35. The third-order valence-corrected chi connectivity index (χ3v) is 5.07. The zero-order valence-corrected chi connectivity index (χ0v) is 12.0. The molecule has 1 fully saturated rings. The molecule has 104 valence electrons. The summed E-state index contributed by atoms with van der Waals surface area (Å²) in [4.78, 5) is 19.9. The van der Waals surface area contributed by atoms with Crippen LogP contribution in [0.1, 0.15) is 42.6 Å². The van der Waals surface area contributed by atoms with Gasteiger partial charge >= 0.3 is 0 Å². The topological polar surface area (TPSA) is 80.9 Å². The van der Waals surface area contributed by atoms with Gasteiger partial charge in [0.05, 0.1) is 12.4 Å². The number of amides is 1. The maximum absolute atomic E-state index is 12.0. The quantitative estimate of drug-likeness (QED) is 0.879. The Morgan fingerprint density at radius 1 is 1.42 bits per heavy atom. The number of aromatic nitrogens is 2. The lowest BCUT2D eigenvalue weighted by molar-refractivity contribution is 0.0941. The molecule has 0 atom stereocenters. The predicted molar refractivity (Wildman–Crippen MR) is 78.1 cm³/mol. The molecular weight excluding hydrogens is 260 g/mol. The summed E-state index contributed by atoms with van der Waals surface area (Å²) in [6.45, 7) is 0.684. The molecule has 3 N–H and O–H groups in total. The Labute approximate surface area is 117 Å². The van der Waals surface area contributed by atoms with Crippen LogP contribution in [0.5, 0.6) is 0 Å². The van der Waals surface area contributed by atoms with Gasteiger partial charge in [-0.15, -0.1) is 0 Å². The predicted octanol–water partition coefficient (Wildman–Crippen LogP) is 1.85. The number of carbonyl (C=O) groups excluding carboxylic acids is 1. The SMILES string of the molecule is CSC1(CNC(=O)c2cncc(N)n2)CCCCC1. The molecule has 1 heterocycles. The van der Waals surface area contributed by atoms with Gasteiger partial charge < -0.3 is 11.1 Å². The molecule has 0 aromatic carbocycles. The van der Waals surface area contributed by atoms with Crippen LogP contribution in [-0.2, 0) is 0 Å². The Hall–Kier alpha value is -1.30. The number of thioether (sulfide) groups is 1. The number of carbonyl (C=O) groups is 1. The van der Waals surface area contributed by atoms with E-state index in [1.165, 1.54) is 31.7 Å². The molecule has 0 saturated heterocycles. The maximum atomic E-state index is 12.0. The summed E-state index contributed by atoms with van der Waals surface area (Å²) >= 11 is 1.86. The van der Waals surface area contributed by atoms with E-state index in [1.807, 2.05) is 11.8 Å². The smallest absolute Gasteiger partial charge is 0.271 e. The summed E-state index contributed by atoms with van der Waals surface area (Å²) in [6, 6.07) is 0. The molecule has 6 heteroatoms. The summed E-state index contributed by atoms with van der Waals surface area (Å²) in [5.74, 6) is 0.0729. The van der Waals surface area contributed by atoms with E-state index in [1.54, 1.807) is 0 Å². The number of nitrogens with one attached hydrogen (secondary N) is 1. The van der Waals surface area contributed by atoms with E-state index >= 15 is 0 Å². The summed E-state index contributed by atoms with van der Waals surface area (Å²) in [5, 5.41) is 2.97. The molecule has 1 aliphatic carbocycles. The van der Waals surface area contributed by atoms with E-state index < -0.39 is 0 Å². The Kier molecular flexibility index (Phi) is 4.63. The van der Waals surface area contributed by atoms with Gasteiger partial charge in [-0.25, -0.2) is 4.98 Å². The Balaban J connectivity index is 1.95. The van der Waals surface area contributed by atoms with Crippen molar-refractivity contribution in [2.45, 2.75) is 36.9 Å². The van der Waals surface area contributed by atoms with Crippen molar-refractivity contribution >= 4 is 23.5 Å². The molecule has 0 unspecified atom stereocenters. The average molecular weight is 280 g/mol. The van der Waals surface area contributed by atoms with Crippen molar-refractivity contribution in [3.63, 3.8) is 0 Å². The van der Waals surface area contributed by atoms with Gasteiger partial charge in [-0.05, 0) is 19.1 Å². The van der Waals surface area contributed by atoms with Crippen molar-refractivity contribution in [1.29, 1.82) is 0 Å². The first kappa shape index (κ1) is 14.1. The number of nitrogens with zero attached hydrogens (tertiary/aromatic N) is 2. The Bertz CT molecular complexity index is 446. The third kappa shape index (κ3) is 3.59.